The van der Waals surface area contributed by atoms with E-state index in [2.05, 4.69) is 32.0 Å². The quantitative estimate of drug-likeness (QED) is 0.185. The Kier molecular flexibility index (Phi) is 12.5. The lowest BCUT2D eigenvalue weighted by Gasteiger charge is -2.37. The summed E-state index contributed by atoms with van der Waals surface area (Å²) in [5.74, 6) is 5.01. The normalized spacial score (nSPS) is 30.2. The standard InChI is InChI=1S/C45H61NO4S/c1-3-30-9-13-34(14-10-30)36-17-21-38(22-18-36)44(47)49-28-32-25-33(27-40(26-32)43-46-41-7-5-6-8-42(41)51-43)29-50-45(48)39-23-19-37(20-24-39)35-15-11-31(4-2)12-16-35/h5-8,25-27,30-31,34-39H,3-4,9-24,28-29H2,1-2H3. The van der Waals surface area contributed by atoms with Crippen LogP contribution in [0.25, 0.3) is 20.8 Å². The highest BCUT2D eigenvalue weighted by atomic mass is 32.1. The third kappa shape index (κ3) is 9.26. The van der Waals surface area contributed by atoms with Crippen LogP contribution in [0.15, 0.2) is 42.5 Å². The number of benzene rings is 2. The molecule has 0 bridgehead atoms. The van der Waals surface area contributed by atoms with Gasteiger partial charge in [-0.25, -0.2) is 4.98 Å². The first-order valence-electron chi connectivity index (χ1n) is 20.8. The number of hydrogen-bond acceptors (Lipinski definition) is 6. The van der Waals surface area contributed by atoms with E-state index in [0.29, 0.717) is 0 Å². The number of carbonyl (C=O) groups excluding carboxylic acids is 2. The maximum atomic E-state index is 13.3. The van der Waals surface area contributed by atoms with Gasteiger partial charge in [-0.1, -0.05) is 64.5 Å². The number of fused-ring (bicyclic) bond motifs is 1. The second-order valence-corrected chi connectivity index (χ2v) is 17.9. The fourth-order valence-electron chi connectivity index (χ4n) is 10.4. The minimum atomic E-state index is -0.0597. The Labute approximate surface area is 310 Å². The molecule has 0 amide bonds. The Morgan fingerprint density at radius 2 is 1.04 bits per heavy atom. The molecule has 6 heteroatoms. The van der Waals surface area contributed by atoms with Gasteiger partial charge in [-0.15, -0.1) is 11.3 Å². The van der Waals surface area contributed by atoms with Gasteiger partial charge in [0.25, 0.3) is 0 Å². The van der Waals surface area contributed by atoms with Crippen LogP contribution in [0.5, 0.6) is 0 Å². The zero-order valence-electron chi connectivity index (χ0n) is 31.3. The van der Waals surface area contributed by atoms with Crippen molar-refractivity contribution >= 4 is 33.5 Å². The summed E-state index contributed by atoms with van der Waals surface area (Å²) >= 11 is 1.66. The predicted octanol–water partition coefficient (Wildman–Crippen LogP) is 12.1. The van der Waals surface area contributed by atoms with Crippen molar-refractivity contribution in [2.24, 2.45) is 47.3 Å². The minimum Gasteiger partial charge on any atom is -0.461 e. The molecule has 0 saturated heterocycles. The Morgan fingerprint density at radius 1 is 0.608 bits per heavy atom. The van der Waals surface area contributed by atoms with Crippen molar-refractivity contribution in [1.29, 1.82) is 0 Å². The molecule has 0 radical (unpaired) electrons. The number of hydrogen-bond donors (Lipinski definition) is 0. The molecule has 7 rings (SSSR count). The van der Waals surface area contributed by atoms with Crippen LogP contribution in [0.4, 0.5) is 0 Å². The number of rotatable bonds is 11. The van der Waals surface area contributed by atoms with E-state index >= 15 is 0 Å². The molecule has 51 heavy (non-hydrogen) atoms. The van der Waals surface area contributed by atoms with Crippen LogP contribution in [-0.4, -0.2) is 16.9 Å². The van der Waals surface area contributed by atoms with Crippen LogP contribution in [-0.2, 0) is 32.3 Å². The number of nitrogens with zero attached hydrogens (tertiary/aromatic N) is 1. The molecular weight excluding hydrogens is 651 g/mol. The topological polar surface area (TPSA) is 65.5 Å². The predicted molar refractivity (Wildman–Crippen MR) is 207 cm³/mol. The summed E-state index contributed by atoms with van der Waals surface area (Å²) in [5.41, 5.74) is 3.80. The van der Waals surface area contributed by atoms with E-state index in [1.807, 2.05) is 24.3 Å². The molecule has 0 N–H and O–H groups in total. The molecule has 3 aromatic rings. The summed E-state index contributed by atoms with van der Waals surface area (Å²) in [6.45, 7) is 5.12. The molecule has 4 aliphatic carbocycles. The van der Waals surface area contributed by atoms with Crippen LogP contribution in [0.3, 0.4) is 0 Å². The van der Waals surface area contributed by atoms with Gasteiger partial charge in [0, 0.05) is 5.56 Å². The van der Waals surface area contributed by atoms with Gasteiger partial charge in [0.05, 0.1) is 22.1 Å². The Hall–Kier alpha value is -2.73. The van der Waals surface area contributed by atoms with Gasteiger partial charge in [-0.2, -0.15) is 0 Å². The highest BCUT2D eigenvalue weighted by Gasteiger charge is 2.35. The van der Waals surface area contributed by atoms with Gasteiger partial charge in [-0.05, 0) is 154 Å². The Morgan fingerprint density at radius 3 is 1.47 bits per heavy atom. The highest BCUT2D eigenvalue weighted by Crippen LogP contribution is 2.44. The van der Waals surface area contributed by atoms with Crippen molar-refractivity contribution in [3.05, 3.63) is 53.6 Å². The average Bonchev–Trinajstić information content (AvgIpc) is 3.64. The molecule has 4 saturated carbocycles. The third-order valence-electron chi connectivity index (χ3n) is 13.8. The lowest BCUT2D eigenvalue weighted by Crippen LogP contribution is -2.29. The maximum Gasteiger partial charge on any atom is 0.309 e. The lowest BCUT2D eigenvalue weighted by atomic mass is 9.69. The first kappa shape index (κ1) is 36.6. The van der Waals surface area contributed by atoms with Crippen LogP contribution < -0.4 is 0 Å². The summed E-state index contributed by atoms with van der Waals surface area (Å²) < 4.78 is 13.2. The van der Waals surface area contributed by atoms with Gasteiger partial charge in [0.1, 0.15) is 18.2 Å². The number of ether oxygens (including phenoxy) is 2. The van der Waals surface area contributed by atoms with Crippen LogP contribution in [0.1, 0.15) is 141 Å². The zero-order chi connectivity index (χ0) is 35.2. The van der Waals surface area contributed by atoms with Crippen molar-refractivity contribution in [3.8, 4) is 10.6 Å². The average molecular weight is 712 g/mol. The summed E-state index contributed by atoms with van der Waals surface area (Å²) in [7, 11) is 0. The number of esters is 2. The molecule has 0 unspecified atom stereocenters. The van der Waals surface area contributed by atoms with Crippen molar-refractivity contribution in [1.82, 2.24) is 4.98 Å². The number of para-hydroxylation sites is 1. The molecule has 4 fully saturated rings. The molecular formula is C45H61NO4S. The molecule has 2 aromatic carbocycles. The zero-order valence-corrected chi connectivity index (χ0v) is 32.1. The van der Waals surface area contributed by atoms with E-state index in [0.717, 1.165) is 119 Å². The number of carbonyl (C=O) groups is 2. The first-order chi connectivity index (χ1) is 24.9. The molecule has 276 valence electrons. The van der Waals surface area contributed by atoms with Crippen molar-refractivity contribution in [2.45, 2.75) is 143 Å². The van der Waals surface area contributed by atoms with Crippen LogP contribution in [0, 0.1) is 47.3 Å². The lowest BCUT2D eigenvalue weighted by molar-refractivity contribution is -0.152. The monoisotopic (exact) mass is 711 g/mol. The summed E-state index contributed by atoms with van der Waals surface area (Å²) in [5, 5.41) is 0.925. The fourth-order valence-corrected chi connectivity index (χ4v) is 11.3. The van der Waals surface area contributed by atoms with E-state index in [1.165, 1.54) is 64.2 Å². The molecule has 0 spiro atoms. The number of thiazole rings is 1. The fraction of sp³-hybridized carbons (Fsp3) is 0.667. The van der Waals surface area contributed by atoms with E-state index in [4.69, 9.17) is 14.5 Å². The summed E-state index contributed by atoms with van der Waals surface area (Å²) in [4.78, 5) is 31.6. The largest absolute Gasteiger partial charge is 0.461 e. The molecule has 4 aliphatic rings. The third-order valence-corrected chi connectivity index (χ3v) is 14.9. The van der Waals surface area contributed by atoms with Gasteiger partial charge in [0.2, 0.25) is 0 Å². The Bertz CT molecular complexity index is 1470. The minimum absolute atomic E-state index is 0.00237. The van der Waals surface area contributed by atoms with Crippen LogP contribution in [0.2, 0.25) is 0 Å². The van der Waals surface area contributed by atoms with E-state index in [-0.39, 0.29) is 37.0 Å². The smallest absolute Gasteiger partial charge is 0.309 e. The van der Waals surface area contributed by atoms with Crippen molar-refractivity contribution in [3.63, 3.8) is 0 Å². The van der Waals surface area contributed by atoms with E-state index < -0.39 is 0 Å². The molecule has 1 aromatic heterocycles. The maximum absolute atomic E-state index is 13.3. The van der Waals surface area contributed by atoms with Gasteiger partial charge >= 0.3 is 11.9 Å². The van der Waals surface area contributed by atoms with Crippen LogP contribution >= 0.6 is 11.3 Å². The van der Waals surface area contributed by atoms with E-state index in [1.54, 1.807) is 11.3 Å². The van der Waals surface area contributed by atoms with Gasteiger partial charge in [-0.3, -0.25) is 9.59 Å². The Balaban J connectivity index is 0.948. The summed E-state index contributed by atoms with van der Waals surface area (Å²) in [6, 6.07) is 14.4. The summed E-state index contributed by atoms with van der Waals surface area (Å²) in [6.07, 6.45) is 22.1. The van der Waals surface area contributed by atoms with Crippen molar-refractivity contribution in [2.75, 3.05) is 0 Å². The van der Waals surface area contributed by atoms with Crippen molar-refractivity contribution < 1.29 is 19.1 Å². The highest BCUT2D eigenvalue weighted by molar-refractivity contribution is 7.21. The van der Waals surface area contributed by atoms with Gasteiger partial charge < -0.3 is 9.47 Å². The number of aromatic nitrogens is 1. The SMILES string of the molecule is CCC1CCC(C2CCC(C(=O)OCc3cc(COC(=O)C4CCC(C5CCC(CC)CC5)CC4)cc(-c4nc5ccccc5s4)c3)CC2)CC1. The molecule has 5 nitrogen and oxygen atoms in total. The van der Waals surface area contributed by atoms with Gasteiger partial charge in [0.15, 0.2) is 0 Å². The first-order valence-corrected chi connectivity index (χ1v) is 21.6. The molecule has 0 atom stereocenters. The molecule has 0 aliphatic heterocycles. The molecule has 1 heterocycles. The second kappa shape index (κ2) is 17.4. The second-order valence-electron chi connectivity index (χ2n) is 16.8. The van der Waals surface area contributed by atoms with E-state index in [9.17, 15) is 9.59 Å².